The van der Waals surface area contributed by atoms with E-state index in [1.54, 1.807) is 0 Å². The van der Waals surface area contributed by atoms with Crippen molar-refractivity contribution in [3.8, 4) is 0 Å². The van der Waals surface area contributed by atoms with Crippen molar-refractivity contribution in [3.05, 3.63) is 53.9 Å². The van der Waals surface area contributed by atoms with Gasteiger partial charge in [0.2, 0.25) is 0 Å². The Bertz CT molecular complexity index is 464. The van der Waals surface area contributed by atoms with Crippen LogP contribution in [0.15, 0.2) is 47.6 Å². The molecule has 2 aromatic rings. The summed E-state index contributed by atoms with van der Waals surface area (Å²) in [6, 6.07) is 10.7. The molecule has 1 aromatic heterocycles. The van der Waals surface area contributed by atoms with Gasteiger partial charge in [-0.2, -0.15) is 0 Å². The summed E-state index contributed by atoms with van der Waals surface area (Å²) in [5.74, 6) is 1.00. The molecule has 3 heteroatoms. The van der Waals surface area contributed by atoms with Gasteiger partial charge in [0.25, 0.3) is 0 Å². The summed E-state index contributed by atoms with van der Waals surface area (Å²) in [6.07, 6.45) is 4.80. The number of thioether (sulfide) groups is 1. The van der Waals surface area contributed by atoms with E-state index in [2.05, 4.69) is 47.6 Å². The zero-order valence-corrected chi connectivity index (χ0v) is 11.6. The maximum Gasteiger partial charge on any atom is 0.0662 e. The Morgan fingerprint density at radius 3 is 2.67 bits per heavy atom. The van der Waals surface area contributed by atoms with Crippen LogP contribution in [0.4, 0.5) is 5.69 Å². The molecule has 1 aromatic carbocycles. The fraction of sp³-hybridized carbons (Fsp3) is 0.267. The average molecular weight is 258 g/mol. The number of rotatable bonds is 5. The molecular formula is C15H18N2S. The fourth-order valence-corrected chi connectivity index (χ4v) is 2.95. The average Bonchev–Trinajstić information content (AvgIpc) is 2.45. The van der Waals surface area contributed by atoms with E-state index in [1.165, 1.54) is 16.0 Å². The molecule has 1 heterocycles. The van der Waals surface area contributed by atoms with Gasteiger partial charge in [0, 0.05) is 23.9 Å². The maximum absolute atomic E-state index is 4.13. The summed E-state index contributed by atoms with van der Waals surface area (Å²) in [5, 5.41) is 3.18. The fourth-order valence-electron chi connectivity index (χ4n) is 1.89. The number of benzene rings is 1. The Hall–Kier alpha value is -1.48. The van der Waals surface area contributed by atoms with Crippen LogP contribution in [0.1, 0.15) is 18.1 Å². The van der Waals surface area contributed by atoms with Crippen LogP contribution in [0.2, 0.25) is 0 Å². The lowest BCUT2D eigenvalue weighted by Crippen LogP contribution is -1.93. The predicted octanol–water partition coefficient (Wildman–Crippen LogP) is 3.98. The molecule has 0 saturated heterocycles. The summed E-state index contributed by atoms with van der Waals surface area (Å²) in [5.41, 5.74) is 3.95. The highest BCUT2D eigenvalue weighted by Gasteiger charge is 2.04. The molecule has 0 atom stereocenters. The van der Waals surface area contributed by atoms with Crippen LogP contribution in [0.25, 0.3) is 0 Å². The molecule has 1 N–H and O–H groups in total. The van der Waals surface area contributed by atoms with E-state index in [9.17, 15) is 0 Å². The van der Waals surface area contributed by atoms with Crippen molar-refractivity contribution < 1.29 is 0 Å². The third-order valence-corrected chi connectivity index (χ3v) is 4.06. The number of hydrogen-bond acceptors (Lipinski definition) is 3. The van der Waals surface area contributed by atoms with Crippen LogP contribution < -0.4 is 5.32 Å². The minimum Gasteiger partial charge on any atom is -0.386 e. The molecule has 18 heavy (non-hydrogen) atoms. The molecule has 0 spiro atoms. The first-order chi connectivity index (χ1) is 8.85. The molecule has 0 aliphatic heterocycles. The summed E-state index contributed by atoms with van der Waals surface area (Å²) in [4.78, 5) is 5.38. The van der Waals surface area contributed by atoms with Gasteiger partial charge >= 0.3 is 0 Å². The predicted molar refractivity (Wildman–Crippen MR) is 79.2 cm³/mol. The Morgan fingerprint density at radius 2 is 1.94 bits per heavy atom. The second-order valence-corrected chi connectivity index (χ2v) is 5.05. The molecule has 0 aliphatic rings. The van der Waals surface area contributed by atoms with Crippen LogP contribution in [-0.4, -0.2) is 12.0 Å². The maximum atomic E-state index is 4.13. The van der Waals surface area contributed by atoms with E-state index < -0.39 is 0 Å². The molecule has 2 nitrogen and oxygen atoms in total. The van der Waals surface area contributed by atoms with Crippen LogP contribution in [0, 0.1) is 0 Å². The van der Waals surface area contributed by atoms with Gasteiger partial charge in [-0.05, 0) is 23.6 Å². The summed E-state index contributed by atoms with van der Waals surface area (Å²) < 4.78 is 0. The Morgan fingerprint density at radius 1 is 1.17 bits per heavy atom. The van der Waals surface area contributed by atoms with Crippen LogP contribution in [0.5, 0.6) is 0 Å². The van der Waals surface area contributed by atoms with Crippen molar-refractivity contribution in [3.63, 3.8) is 0 Å². The number of hydrogen-bond donors (Lipinski definition) is 1. The first kappa shape index (κ1) is 13.0. The molecular weight excluding hydrogens is 240 g/mol. The highest BCUT2D eigenvalue weighted by molar-refractivity contribution is 7.98. The number of aryl methyl sites for hydroxylation is 1. The molecule has 0 amide bonds. The van der Waals surface area contributed by atoms with Crippen molar-refractivity contribution in [2.75, 3.05) is 12.4 Å². The summed E-state index contributed by atoms with van der Waals surface area (Å²) >= 11 is 1.85. The highest BCUT2D eigenvalue weighted by Crippen LogP contribution is 2.29. The monoisotopic (exact) mass is 258 g/mol. The van der Waals surface area contributed by atoms with E-state index in [4.69, 9.17) is 0 Å². The van der Waals surface area contributed by atoms with Gasteiger partial charge in [0.05, 0.1) is 11.9 Å². The number of nitrogens with zero attached hydrogens (tertiary/aromatic N) is 1. The highest BCUT2D eigenvalue weighted by atomic mass is 32.2. The summed E-state index contributed by atoms with van der Waals surface area (Å²) in [6.45, 7) is 2.20. The molecule has 0 saturated carbocycles. The van der Waals surface area contributed by atoms with E-state index in [0.717, 1.165) is 17.9 Å². The van der Waals surface area contributed by atoms with Crippen molar-refractivity contribution in [1.29, 1.82) is 0 Å². The van der Waals surface area contributed by atoms with E-state index >= 15 is 0 Å². The van der Waals surface area contributed by atoms with E-state index in [0.29, 0.717) is 0 Å². The zero-order valence-electron chi connectivity index (χ0n) is 10.8. The van der Waals surface area contributed by atoms with Crippen molar-refractivity contribution in [2.24, 2.45) is 0 Å². The van der Waals surface area contributed by atoms with Crippen LogP contribution in [0.3, 0.4) is 0 Å². The zero-order chi connectivity index (χ0) is 12.8. The van der Waals surface area contributed by atoms with Gasteiger partial charge < -0.3 is 5.32 Å². The molecule has 0 unspecified atom stereocenters. The first-order valence-electron chi connectivity index (χ1n) is 6.16. The summed E-state index contributed by atoms with van der Waals surface area (Å²) in [7, 11) is 1.93. The molecule has 94 valence electrons. The largest absolute Gasteiger partial charge is 0.386 e. The van der Waals surface area contributed by atoms with Crippen molar-refractivity contribution in [1.82, 2.24) is 4.98 Å². The van der Waals surface area contributed by atoms with Gasteiger partial charge in [-0.25, -0.2) is 0 Å². The minimum absolute atomic E-state index is 1.00. The van der Waals surface area contributed by atoms with Crippen molar-refractivity contribution >= 4 is 17.4 Å². The van der Waals surface area contributed by atoms with E-state index in [1.807, 2.05) is 31.2 Å². The Balaban J connectivity index is 2.11. The standard InChI is InChI=1S/C15H18N2S/c1-3-12-6-4-5-7-13(12)11-18-15-8-9-17-10-14(15)16-2/h4-10,16H,3,11H2,1-2H3. The lowest BCUT2D eigenvalue weighted by Gasteiger charge is -2.10. The van der Waals surface area contributed by atoms with Gasteiger partial charge in [0.15, 0.2) is 0 Å². The van der Waals surface area contributed by atoms with Gasteiger partial charge in [-0.1, -0.05) is 31.2 Å². The van der Waals surface area contributed by atoms with Gasteiger partial charge in [-0.15, -0.1) is 11.8 Å². The normalized spacial score (nSPS) is 10.3. The number of nitrogens with one attached hydrogen (secondary N) is 1. The quantitative estimate of drug-likeness (QED) is 0.821. The third kappa shape index (κ3) is 3.05. The van der Waals surface area contributed by atoms with Gasteiger partial charge in [0.1, 0.15) is 0 Å². The van der Waals surface area contributed by atoms with Crippen LogP contribution >= 0.6 is 11.8 Å². The number of aromatic nitrogens is 1. The smallest absolute Gasteiger partial charge is 0.0662 e. The first-order valence-corrected chi connectivity index (χ1v) is 7.15. The van der Waals surface area contributed by atoms with Crippen molar-refractivity contribution in [2.45, 2.75) is 24.0 Å². The molecule has 0 aliphatic carbocycles. The molecule has 0 radical (unpaired) electrons. The SMILES string of the molecule is CCc1ccccc1CSc1ccncc1NC. The Kier molecular flexibility index (Phi) is 4.65. The molecule has 0 bridgehead atoms. The molecule has 0 fully saturated rings. The number of anilines is 1. The lowest BCUT2D eigenvalue weighted by atomic mass is 10.1. The third-order valence-electron chi connectivity index (χ3n) is 2.93. The minimum atomic E-state index is 1.00. The van der Waals surface area contributed by atoms with E-state index in [-0.39, 0.29) is 0 Å². The van der Waals surface area contributed by atoms with Crippen LogP contribution in [-0.2, 0) is 12.2 Å². The van der Waals surface area contributed by atoms with Gasteiger partial charge in [-0.3, -0.25) is 4.98 Å². The second kappa shape index (κ2) is 6.45. The molecule has 2 rings (SSSR count). The topological polar surface area (TPSA) is 24.9 Å². The second-order valence-electron chi connectivity index (χ2n) is 4.03. The lowest BCUT2D eigenvalue weighted by molar-refractivity contribution is 1.10. The number of pyridine rings is 1. The Labute approximate surface area is 113 Å².